The molecule has 1 saturated heterocycles. The molecule has 2 aliphatic heterocycles. The summed E-state index contributed by atoms with van der Waals surface area (Å²) in [4.78, 5) is 46.6. The van der Waals surface area contributed by atoms with E-state index in [-0.39, 0.29) is 29.9 Å². The number of amides is 2. The molecule has 3 heterocycles. The van der Waals surface area contributed by atoms with Crippen molar-refractivity contribution in [2.24, 2.45) is 0 Å². The lowest BCUT2D eigenvalue weighted by Gasteiger charge is -2.42. The number of benzene rings is 1. The number of piperidine rings is 1. The molecular formula is C31H42FN5O5. The Balaban J connectivity index is 1.56. The van der Waals surface area contributed by atoms with Gasteiger partial charge in [0.15, 0.2) is 0 Å². The van der Waals surface area contributed by atoms with Gasteiger partial charge in [-0.05, 0) is 99.0 Å². The monoisotopic (exact) mass is 583 g/mol. The van der Waals surface area contributed by atoms with Gasteiger partial charge in [-0.15, -0.1) is 0 Å². The number of pyridine rings is 1. The molecule has 11 heteroatoms. The molecule has 0 spiro atoms. The van der Waals surface area contributed by atoms with Crippen LogP contribution in [0.15, 0.2) is 30.5 Å². The van der Waals surface area contributed by atoms with Crippen LogP contribution in [0.2, 0.25) is 0 Å². The SMILES string of the molecule is CCN(C(=O)OC(C)(C)C)c1cc(F)cc2c1NC(=O)C2(C)N1CCC[C@H](Nc2ccc(C(=O)OC(C)(C)C)nc2)C1. The maximum absolute atomic E-state index is 15.1. The van der Waals surface area contributed by atoms with Gasteiger partial charge in [-0.2, -0.15) is 0 Å². The molecule has 0 saturated carbocycles. The zero-order valence-corrected chi connectivity index (χ0v) is 25.8. The maximum Gasteiger partial charge on any atom is 0.414 e. The minimum atomic E-state index is -1.15. The summed E-state index contributed by atoms with van der Waals surface area (Å²) in [5, 5.41) is 6.40. The molecule has 2 amide bonds. The summed E-state index contributed by atoms with van der Waals surface area (Å²) in [7, 11) is 0. The second-order valence-electron chi connectivity index (χ2n) is 13.0. The van der Waals surface area contributed by atoms with Gasteiger partial charge in [-0.25, -0.2) is 19.0 Å². The number of halogens is 1. The van der Waals surface area contributed by atoms with Gasteiger partial charge >= 0.3 is 12.1 Å². The smallest absolute Gasteiger partial charge is 0.414 e. The van der Waals surface area contributed by atoms with Gasteiger partial charge in [-0.3, -0.25) is 14.6 Å². The minimum absolute atomic E-state index is 0.0245. The number of rotatable bonds is 6. The Labute approximate surface area is 246 Å². The van der Waals surface area contributed by atoms with E-state index >= 15 is 4.39 Å². The molecule has 1 fully saturated rings. The minimum Gasteiger partial charge on any atom is -0.455 e. The molecule has 1 unspecified atom stereocenters. The molecule has 2 atom stereocenters. The molecule has 42 heavy (non-hydrogen) atoms. The lowest BCUT2D eigenvalue weighted by Crippen LogP contribution is -2.55. The second kappa shape index (κ2) is 11.5. The van der Waals surface area contributed by atoms with Gasteiger partial charge < -0.3 is 20.1 Å². The fourth-order valence-electron chi connectivity index (χ4n) is 5.37. The molecule has 0 aliphatic carbocycles. The second-order valence-corrected chi connectivity index (χ2v) is 13.0. The van der Waals surface area contributed by atoms with Crippen molar-refractivity contribution < 1.29 is 28.2 Å². The third-order valence-electron chi connectivity index (χ3n) is 7.30. The molecule has 1 aromatic carbocycles. The van der Waals surface area contributed by atoms with Gasteiger partial charge in [-0.1, -0.05) is 0 Å². The molecular weight excluding hydrogens is 541 g/mol. The van der Waals surface area contributed by atoms with Crippen LogP contribution >= 0.6 is 0 Å². The van der Waals surface area contributed by atoms with Crippen LogP contribution < -0.4 is 15.5 Å². The summed E-state index contributed by atoms with van der Waals surface area (Å²) in [6.07, 6.45) is 2.63. The Morgan fingerprint density at radius 1 is 1.17 bits per heavy atom. The number of carbonyl (C=O) groups is 3. The number of anilines is 3. The maximum atomic E-state index is 15.1. The summed E-state index contributed by atoms with van der Waals surface area (Å²) in [6, 6.07) is 6.00. The first-order chi connectivity index (χ1) is 19.5. The summed E-state index contributed by atoms with van der Waals surface area (Å²) >= 11 is 0. The lowest BCUT2D eigenvalue weighted by atomic mass is 9.88. The van der Waals surface area contributed by atoms with Crippen molar-refractivity contribution in [1.29, 1.82) is 0 Å². The molecule has 228 valence electrons. The molecule has 1 aromatic heterocycles. The predicted octanol–water partition coefficient (Wildman–Crippen LogP) is 5.68. The summed E-state index contributed by atoms with van der Waals surface area (Å²) < 4.78 is 26.1. The zero-order valence-electron chi connectivity index (χ0n) is 25.8. The zero-order chi connectivity index (χ0) is 31.0. The van der Waals surface area contributed by atoms with Crippen LogP contribution in [-0.2, 0) is 19.8 Å². The number of nitrogens with one attached hydrogen (secondary N) is 2. The highest BCUT2D eigenvalue weighted by Crippen LogP contribution is 2.46. The van der Waals surface area contributed by atoms with E-state index in [2.05, 4.69) is 15.6 Å². The number of aromatic nitrogens is 1. The Hall–Kier alpha value is -3.73. The molecule has 2 aromatic rings. The Morgan fingerprint density at radius 2 is 1.86 bits per heavy atom. The standard InChI is InChI=1S/C31H42FN5O5/c1-9-37(28(40)42-30(5,6)7)24-16-19(32)15-22-25(24)35-27(39)31(22,8)36-14-10-11-21(18-36)34-20-12-13-23(33-17-20)26(38)41-29(2,3)4/h12-13,15-17,21,34H,9-11,14,18H2,1-8H3,(H,35,39)/t21-,31?/m0/s1. The number of carbonyl (C=O) groups excluding carboxylic acids is 3. The van der Waals surface area contributed by atoms with E-state index in [1.165, 1.54) is 17.0 Å². The van der Waals surface area contributed by atoms with Crippen LogP contribution in [-0.4, -0.2) is 64.7 Å². The number of ether oxygens (including phenoxy) is 2. The van der Waals surface area contributed by atoms with Crippen molar-refractivity contribution >= 4 is 35.0 Å². The third kappa shape index (κ3) is 6.67. The molecule has 0 bridgehead atoms. The van der Waals surface area contributed by atoms with E-state index in [1.54, 1.807) is 73.7 Å². The van der Waals surface area contributed by atoms with Gasteiger partial charge in [0.05, 0.1) is 23.3 Å². The highest BCUT2D eigenvalue weighted by atomic mass is 19.1. The predicted molar refractivity (Wildman–Crippen MR) is 159 cm³/mol. The van der Waals surface area contributed by atoms with Gasteiger partial charge in [0.25, 0.3) is 0 Å². The Kier molecular flexibility index (Phi) is 8.55. The first kappa shape index (κ1) is 31.2. The van der Waals surface area contributed by atoms with Crippen LogP contribution in [0.5, 0.6) is 0 Å². The van der Waals surface area contributed by atoms with Crippen LogP contribution in [0.4, 0.5) is 26.2 Å². The van der Waals surface area contributed by atoms with E-state index in [0.717, 1.165) is 18.5 Å². The number of likely N-dealkylation sites (tertiary alicyclic amines) is 1. The largest absolute Gasteiger partial charge is 0.455 e. The fraction of sp³-hybridized carbons (Fsp3) is 0.548. The first-order valence-corrected chi connectivity index (χ1v) is 14.4. The van der Waals surface area contributed by atoms with Gasteiger partial charge in [0, 0.05) is 24.7 Å². The van der Waals surface area contributed by atoms with E-state index in [0.29, 0.717) is 24.3 Å². The molecule has 10 nitrogen and oxygen atoms in total. The molecule has 4 rings (SSSR count). The normalized spacial score (nSPS) is 20.9. The highest BCUT2D eigenvalue weighted by Gasteiger charge is 2.50. The van der Waals surface area contributed by atoms with Gasteiger partial charge in [0.1, 0.15) is 28.3 Å². The molecule has 2 aliphatic rings. The fourth-order valence-corrected chi connectivity index (χ4v) is 5.37. The van der Waals surface area contributed by atoms with Crippen molar-refractivity contribution in [1.82, 2.24) is 9.88 Å². The van der Waals surface area contributed by atoms with Crippen molar-refractivity contribution in [2.45, 2.75) is 91.0 Å². The number of hydrogen-bond donors (Lipinski definition) is 2. The van der Waals surface area contributed by atoms with Crippen molar-refractivity contribution in [3.63, 3.8) is 0 Å². The average Bonchev–Trinajstić information content (AvgIpc) is 3.14. The first-order valence-electron chi connectivity index (χ1n) is 14.4. The quantitative estimate of drug-likeness (QED) is 0.418. The van der Waals surface area contributed by atoms with E-state index < -0.39 is 34.6 Å². The average molecular weight is 584 g/mol. The molecule has 0 radical (unpaired) electrons. The van der Waals surface area contributed by atoms with Crippen LogP contribution in [0.3, 0.4) is 0 Å². The number of nitrogens with zero attached hydrogens (tertiary/aromatic N) is 3. The van der Waals surface area contributed by atoms with E-state index in [9.17, 15) is 14.4 Å². The van der Waals surface area contributed by atoms with Crippen molar-refractivity contribution in [2.75, 3.05) is 35.2 Å². The number of esters is 1. The van der Waals surface area contributed by atoms with Crippen LogP contribution in [0.25, 0.3) is 0 Å². The summed E-state index contributed by atoms with van der Waals surface area (Å²) in [6.45, 7) is 15.6. The van der Waals surface area contributed by atoms with Crippen molar-refractivity contribution in [3.05, 3.63) is 47.5 Å². The van der Waals surface area contributed by atoms with Crippen LogP contribution in [0, 0.1) is 5.82 Å². The van der Waals surface area contributed by atoms with Crippen LogP contribution in [0.1, 0.15) is 84.3 Å². The van der Waals surface area contributed by atoms with E-state index in [1.807, 2.05) is 4.90 Å². The highest BCUT2D eigenvalue weighted by molar-refractivity contribution is 6.10. The Bertz CT molecular complexity index is 1350. The summed E-state index contributed by atoms with van der Waals surface area (Å²) in [5.74, 6) is -1.32. The van der Waals surface area contributed by atoms with Crippen molar-refractivity contribution in [3.8, 4) is 0 Å². The van der Waals surface area contributed by atoms with E-state index in [4.69, 9.17) is 9.47 Å². The summed E-state index contributed by atoms with van der Waals surface area (Å²) in [5.41, 5.74) is -0.392. The topological polar surface area (TPSA) is 113 Å². The van der Waals surface area contributed by atoms with Gasteiger partial charge in [0.2, 0.25) is 5.91 Å². The molecule has 2 N–H and O–H groups in total. The Morgan fingerprint density at radius 3 is 2.45 bits per heavy atom. The lowest BCUT2D eigenvalue weighted by molar-refractivity contribution is -0.127. The number of fused-ring (bicyclic) bond motifs is 1. The number of hydrogen-bond acceptors (Lipinski definition) is 8. The third-order valence-corrected chi connectivity index (χ3v) is 7.30.